The van der Waals surface area contributed by atoms with Crippen molar-refractivity contribution in [1.29, 1.82) is 0 Å². The number of para-hydroxylation sites is 1. The van der Waals surface area contributed by atoms with E-state index in [9.17, 15) is 9.59 Å². The van der Waals surface area contributed by atoms with Crippen molar-refractivity contribution < 1.29 is 9.59 Å². The molecule has 0 radical (unpaired) electrons. The Labute approximate surface area is 108 Å². The van der Waals surface area contributed by atoms with Gasteiger partial charge in [0.15, 0.2) is 0 Å². The third-order valence-corrected chi connectivity index (χ3v) is 3.20. The maximum Gasteiger partial charge on any atom is 0.331 e. The monoisotopic (exact) mass is 296 g/mol. The number of imide groups is 1. The lowest BCUT2D eigenvalue weighted by Crippen LogP contribution is -2.33. The van der Waals surface area contributed by atoms with Crippen LogP contribution < -0.4 is 4.90 Å². The summed E-state index contributed by atoms with van der Waals surface area (Å²) in [6.07, 6.45) is 0.778. The molecule has 0 spiro atoms. The molecular formula is C12H13BrN2O2. The number of benzene rings is 1. The molecule has 90 valence electrons. The summed E-state index contributed by atoms with van der Waals surface area (Å²) in [5.74, 6) is -0.125. The summed E-state index contributed by atoms with van der Waals surface area (Å²) >= 11 is 3.29. The lowest BCUT2D eigenvalue weighted by molar-refractivity contribution is -0.124. The van der Waals surface area contributed by atoms with Crippen molar-refractivity contribution in [1.82, 2.24) is 4.90 Å². The second kappa shape index (κ2) is 5.31. The summed E-state index contributed by atoms with van der Waals surface area (Å²) in [6, 6.07) is 9.04. The number of urea groups is 1. The fourth-order valence-electron chi connectivity index (χ4n) is 1.79. The van der Waals surface area contributed by atoms with Gasteiger partial charge in [-0.3, -0.25) is 14.6 Å². The summed E-state index contributed by atoms with van der Waals surface area (Å²) in [7, 11) is 0. The fourth-order valence-corrected chi connectivity index (χ4v) is 2.04. The SMILES string of the molecule is O=C1CN(c2ccccc2)C(=O)N1CCCBr. The van der Waals surface area contributed by atoms with E-state index < -0.39 is 0 Å². The number of hydrogen-bond acceptors (Lipinski definition) is 2. The molecule has 0 aromatic heterocycles. The van der Waals surface area contributed by atoms with Gasteiger partial charge in [-0.15, -0.1) is 0 Å². The number of carbonyl (C=O) groups excluding carboxylic acids is 2. The van der Waals surface area contributed by atoms with Crippen molar-refractivity contribution in [2.45, 2.75) is 6.42 Å². The zero-order valence-corrected chi connectivity index (χ0v) is 10.9. The van der Waals surface area contributed by atoms with Crippen molar-refractivity contribution in [3.8, 4) is 0 Å². The molecular weight excluding hydrogens is 284 g/mol. The van der Waals surface area contributed by atoms with Gasteiger partial charge >= 0.3 is 6.03 Å². The first-order valence-electron chi connectivity index (χ1n) is 5.47. The van der Waals surface area contributed by atoms with Crippen LogP contribution in [0.25, 0.3) is 0 Å². The van der Waals surface area contributed by atoms with Gasteiger partial charge in [0.2, 0.25) is 0 Å². The van der Waals surface area contributed by atoms with E-state index in [1.165, 1.54) is 9.80 Å². The Kier molecular flexibility index (Phi) is 3.78. The van der Waals surface area contributed by atoms with Crippen LogP contribution in [0.1, 0.15) is 6.42 Å². The molecule has 0 aliphatic carbocycles. The van der Waals surface area contributed by atoms with Crippen molar-refractivity contribution in [2.75, 3.05) is 23.3 Å². The number of amides is 3. The Hall–Kier alpha value is -1.36. The molecule has 4 nitrogen and oxygen atoms in total. The molecule has 5 heteroatoms. The number of halogens is 1. The van der Waals surface area contributed by atoms with Gasteiger partial charge in [-0.2, -0.15) is 0 Å². The standard InChI is InChI=1S/C12H13BrN2O2/c13-7-4-8-14-11(16)9-15(12(14)17)10-5-2-1-3-6-10/h1-3,5-6H,4,7-9H2. The highest BCUT2D eigenvalue weighted by Gasteiger charge is 2.36. The van der Waals surface area contributed by atoms with Crippen LogP contribution in [0.5, 0.6) is 0 Å². The minimum Gasteiger partial charge on any atom is -0.285 e. The first kappa shape index (κ1) is 12.1. The second-order valence-corrected chi connectivity index (χ2v) is 4.59. The van der Waals surface area contributed by atoms with Gasteiger partial charge in [-0.05, 0) is 18.6 Å². The largest absolute Gasteiger partial charge is 0.331 e. The fraction of sp³-hybridized carbons (Fsp3) is 0.333. The Balaban J connectivity index is 2.13. The number of rotatable bonds is 4. The Morgan fingerprint density at radius 2 is 1.88 bits per heavy atom. The number of hydrogen-bond donors (Lipinski definition) is 0. The minimum atomic E-state index is -0.220. The van der Waals surface area contributed by atoms with Gasteiger partial charge in [-0.1, -0.05) is 34.1 Å². The normalized spacial score (nSPS) is 15.8. The molecule has 0 bridgehead atoms. The van der Waals surface area contributed by atoms with Crippen LogP contribution in [-0.4, -0.2) is 35.3 Å². The molecule has 2 rings (SSSR count). The van der Waals surface area contributed by atoms with Crippen LogP contribution in [0, 0.1) is 0 Å². The Morgan fingerprint density at radius 1 is 1.18 bits per heavy atom. The maximum atomic E-state index is 12.0. The highest BCUT2D eigenvalue weighted by molar-refractivity contribution is 9.09. The molecule has 0 unspecified atom stereocenters. The van der Waals surface area contributed by atoms with E-state index in [2.05, 4.69) is 15.9 Å². The molecule has 1 aliphatic rings. The van der Waals surface area contributed by atoms with Crippen molar-refractivity contribution in [3.63, 3.8) is 0 Å². The molecule has 1 aromatic carbocycles. The van der Waals surface area contributed by atoms with E-state index in [-0.39, 0.29) is 18.5 Å². The molecule has 0 N–H and O–H groups in total. The summed E-state index contributed by atoms with van der Waals surface area (Å²) in [5.41, 5.74) is 0.771. The molecule has 0 saturated carbocycles. The molecule has 1 aromatic rings. The van der Waals surface area contributed by atoms with Crippen molar-refractivity contribution in [3.05, 3.63) is 30.3 Å². The topological polar surface area (TPSA) is 40.6 Å². The Morgan fingerprint density at radius 3 is 2.53 bits per heavy atom. The summed E-state index contributed by atoms with van der Waals surface area (Å²) in [5, 5.41) is 0.787. The highest BCUT2D eigenvalue weighted by Crippen LogP contribution is 2.20. The van der Waals surface area contributed by atoms with Crippen molar-refractivity contribution in [2.24, 2.45) is 0 Å². The number of alkyl halides is 1. The van der Waals surface area contributed by atoms with Crippen LogP contribution in [0.4, 0.5) is 10.5 Å². The summed E-state index contributed by atoms with van der Waals surface area (Å²) in [4.78, 5) is 26.6. The molecule has 3 amide bonds. The van der Waals surface area contributed by atoms with Gasteiger partial charge in [0.05, 0.1) is 0 Å². The maximum absolute atomic E-state index is 12.0. The third-order valence-electron chi connectivity index (χ3n) is 2.64. The average molecular weight is 297 g/mol. The molecule has 1 aliphatic heterocycles. The van der Waals surface area contributed by atoms with E-state index >= 15 is 0 Å². The van der Waals surface area contributed by atoms with Crippen LogP contribution in [0.15, 0.2) is 30.3 Å². The lowest BCUT2D eigenvalue weighted by Gasteiger charge is -2.16. The first-order chi connectivity index (χ1) is 8.24. The van der Waals surface area contributed by atoms with E-state index in [0.29, 0.717) is 6.54 Å². The summed E-state index contributed by atoms with van der Waals surface area (Å²) < 4.78 is 0. The van der Waals surface area contributed by atoms with Crippen LogP contribution in [0.2, 0.25) is 0 Å². The first-order valence-corrected chi connectivity index (χ1v) is 6.59. The van der Waals surface area contributed by atoms with Crippen LogP contribution in [-0.2, 0) is 4.79 Å². The second-order valence-electron chi connectivity index (χ2n) is 3.79. The molecule has 1 heterocycles. The van der Waals surface area contributed by atoms with Crippen molar-refractivity contribution >= 4 is 33.6 Å². The van der Waals surface area contributed by atoms with Gasteiger partial charge in [-0.25, -0.2) is 4.79 Å². The molecule has 1 saturated heterocycles. The highest BCUT2D eigenvalue weighted by atomic mass is 79.9. The van der Waals surface area contributed by atoms with Crippen LogP contribution >= 0.6 is 15.9 Å². The average Bonchev–Trinajstić information content (AvgIpc) is 2.64. The van der Waals surface area contributed by atoms with Gasteiger partial charge in [0, 0.05) is 17.6 Å². The lowest BCUT2D eigenvalue weighted by atomic mass is 10.3. The van der Waals surface area contributed by atoms with Gasteiger partial charge in [0.1, 0.15) is 6.54 Å². The molecule has 0 atom stereocenters. The predicted molar refractivity (Wildman–Crippen MR) is 69.3 cm³/mol. The smallest absolute Gasteiger partial charge is 0.285 e. The van der Waals surface area contributed by atoms with E-state index in [1.807, 2.05) is 30.3 Å². The predicted octanol–water partition coefficient (Wildman–Crippen LogP) is 2.24. The zero-order valence-electron chi connectivity index (χ0n) is 9.30. The molecule has 1 fully saturated rings. The number of anilines is 1. The Bertz CT molecular complexity index is 422. The number of carbonyl (C=O) groups is 2. The third kappa shape index (κ3) is 2.49. The van der Waals surface area contributed by atoms with E-state index in [1.54, 1.807) is 0 Å². The zero-order chi connectivity index (χ0) is 12.3. The van der Waals surface area contributed by atoms with E-state index in [0.717, 1.165) is 17.4 Å². The molecule has 17 heavy (non-hydrogen) atoms. The summed E-state index contributed by atoms with van der Waals surface area (Å²) in [6.45, 7) is 0.622. The van der Waals surface area contributed by atoms with Gasteiger partial charge in [0.25, 0.3) is 5.91 Å². The van der Waals surface area contributed by atoms with Crippen LogP contribution in [0.3, 0.4) is 0 Å². The quantitative estimate of drug-likeness (QED) is 0.631. The van der Waals surface area contributed by atoms with Gasteiger partial charge < -0.3 is 0 Å². The minimum absolute atomic E-state index is 0.125. The number of nitrogens with zero attached hydrogens (tertiary/aromatic N) is 2. The van der Waals surface area contributed by atoms with E-state index in [4.69, 9.17) is 0 Å².